The minimum absolute atomic E-state index is 0.121. The number of rotatable bonds is 5. The second-order valence-corrected chi connectivity index (χ2v) is 11.5. The van der Waals surface area contributed by atoms with Crippen LogP contribution in [0.4, 0.5) is 5.69 Å². The quantitative estimate of drug-likeness (QED) is 0.322. The molecule has 4 rings (SSSR count). The molecule has 1 aromatic heterocycles. The van der Waals surface area contributed by atoms with Crippen molar-refractivity contribution in [1.29, 1.82) is 0 Å². The number of aromatic nitrogens is 1. The smallest absolute Gasteiger partial charge is 0.338 e. The first kappa shape index (κ1) is 25.9. The molecule has 0 bridgehead atoms. The molecule has 7 nitrogen and oxygen atoms in total. The van der Waals surface area contributed by atoms with Crippen molar-refractivity contribution < 1.29 is 14.6 Å². The van der Waals surface area contributed by atoms with Crippen LogP contribution in [0, 0.1) is 7.14 Å². The fourth-order valence-electron chi connectivity index (χ4n) is 3.90. The lowest BCUT2D eigenvalue weighted by Gasteiger charge is -2.25. The molecule has 1 N–H and O–H groups in total. The third-order valence-corrected chi connectivity index (χ3v) is 8.01. The molecule has 1 aliphatic rings. The summed E-state index contributed by atoms with van der Waals surface area (Å²) in [6, 6.07) is 10.8. The average Bonchev–Trinajstić information content (AvgIpc) is 3.10. The van der Waals surface area contributed by atoms with Crippen LogP contribution in [0.2, 0.25) is 0 Å². The highest BCUT2D eigenvalue weighted by atomic mass is 127. The summed E-state index contributed by atoms with van der Waals surface area (Å²) in [7, 11) is 3.90. The van der Waals surface area contributed by atoms with Crippen LogP contribution in [0.1, 0.15) is 31.0 Å². The number of halogens is 2. The van der Waals surface area contributed by atoms with Crippen LogP contribution >= 0.6 is 56.5 Å². The van der Waals surface area contributed by atoms with Crippen LogP contribution in [0.3, 0.4) is 0 Å². The van der Waals surface area contributed by atoms with E-state index in [1.807, 2.05) is 55.4 Å². The van der Waals surface area contributed by atoms with Gasteiger partial charge in [0, 0.05) is 28.9 Å². The van der Waals surface area contributed by atoms with E-state index in [0.29, 0.717) is 29.7 Å². The summed E-state index contributed by atoms with van der Waals surface area (Å²) in [6.07, 6.45) is 1.68. The monoisotopic (exact) mass is 715 g/mol. The van der Waals surface area contributed by atoms with Gasteiger partial charge in [-0.05, 0) is 94.9 Å². The number of nitrogens with zero attached hydrogens (tertiary/aromatic N) is 3. The van der Waals surface area contributed by atoms with Gasteiger partial charge in [0.1, 0.15) is 5.75 Å². The maximum Gasteiger partial charge on any atom is 0.338 e. The second kappa shape index (κ2) is 10.4. The van der Waals surface area contributed by atoms with E-state index in [1.54, 1.807) is 24.5 Å². The summed E-state index contributed by atoms with van der Waals surface area (Å²) in [4.78, 5) is 33.8. The van der Waals surface area contributed by atoms with E-state index < -0.39 is 12.0 Å². The van der Waals surface area contributed by atoms with Gasteiger partial charge in [0.2, 0.25) is 0 Å². The number of phenolic OH excluding ortho intramolecular Hbond substituents is 1. The molecule has 0 saturated heterocycles. The van der Waals surface area contributed by atoms with Crippen molar-refractivity contribution in [3.8, 4) is 5.75 Å². The van der Waals surface area contributed by atoms with Crippen LogP contribution in [-0.4, -0.2) is 36.3 Å². The molecule has 182 valence electrons. The number of carbonyl (C=O) groups excluding carboxylic acids is 1. The number of esters is 1. The van der Waals surface area contributed by atoms with Crippen LogP contribution in [0.25, 0.3) is 6.08 Å². The highest BCUT2D eigenvalue weighted by Crippen LogP contribution is 2.32. The molecule has 0 fully saturated rings. The largest absolute Gasteiger partial charge is 0.506 e. The zero-order chi connectivity index (χ0) is 25.4. The predicted octanol–water partition coefficient (Wildman–Crippen LogP) is 3.78. The molecule has 2 heterocycles. The van der Waals surface area contributed by atoms with Crippen molar-refractivity contribution in [2.75, 3.05) is 25.6 Å². The van der Waals surface area contributed by atoms with Crippen molar-refractivity contribution in [2.24, 2.45) is 4.99 Å². The second-order valence-electron chi connectivity index (χ2n) is 8.11. The standard InChI is InChI=1S/C25H23I2N3O4S/c1-5-34-24(33)20-13(2)28-25-30(21(20)14-6-8-17(9-7-14)29(3)4)23(32)19(35-25)11-15-10-16(26)12-18(27)22(15)31/h6-12,21,31H,5H2,1-4H3/b19-11-/t21-/m0/s1. The summed E-state index contributed by atoms with van der Waals surface area (Å²) >= 11 is 5.48. The van der Waals surface area contributed by atoms with Crippen molar-refractivity contribution in [2.45, 2.75) is 19.9 Å². The summed E-state index contributed by atoms with van der Waals surface area (Å²) < 4.78 is 8.97. The fraction of sp³-hybridized carbons (Fsp3) is 0.240. The zero-order valence-corrected chi connectivity index (χ0v) is 24.6. The third-order valence-electron chi connectivity index (χ3n) is 5.59. The summed E-state index contributed by atoms with van der Waals surface area (Å²) in [6.45, 7) is 3.73. The third kappa shape index (κ3) is 5.05. The van der Waals surface area contributed by atoms with Gasteiger partial charge in [0.15, 0.2) is 4.80 Å². The van der Waals surface area contributed by atoms with E-state index in [9.17, 15) is 14.7 Å². The van der Waals surface area contributed by atoms with Crippen LogP contribution < -0.4 is 19.8 Å². The Kier molecular flexibility index (Phi) is 7.71. The Balaban J connectivity index is 1.96. The Hall–Kier alpha value is -2.19. The maximum absolute atomic E-state index is 13.7. The molecule has 1 atom stereocenters. The highest BCUT2D eigenvalue weighted by molar-refractivity contribution is 14.1. The summed E-state index contributed by atoms with van der Waals surface area (Å²) in [5, 5.41) is 10.6. The number of benzene rings is 2. The van der Waals surface area contributed by atoms with E-state index in [4.69, 9.17) is 4.74 Å². The molecule has 3 aromatic rings. The lowest BCUT2D eigenvalue weighted by molar-refractivity contribution is -0.139. The predicted molar refractivity (Wildman–Crippen MR) is 155 cm³/mol. The topological polar surface area (TPSA) is 84.1 Å². The van der Waals surface area contributed by atoms with Gasteiger partial charge in [-0.15, -0.1) is 0 Å². The van der Waals surface area contributed by atoms with Crippen molar-refractivity contribution in [3.63, 3.8) is 0 Å². The molecule has 2 aromatic carbocycles. The Morgan fingerprint density at radius 2 is 1.94 bits per heavy atom. The zero-order valence-electron chi connectivity index (χ0n) is 19.5. The molecule has 1 aliphatic heterocycles. The SMILES string of the molecule is CCOC(=O)C1=C(C)N=c2s/c(=C\c3cc(I)cc(I)c3O)c(=O)n2[C@H]1c1ccc(N(C)C)cc1. The Morgan fingerprint density at radius 1 is 1.26 bits per heavy atom. The van der Waals surface area contributed by atoms with Gasteiger partial charge >= 0.3 is 5.97 Å². The molecular formula is C25H23I2N3O4S. The van der Waals surface area contributed by atoms with Crippen molar-refractivity contribution in [1.82, 2.24) is 4.57 Å². The fourth-order valence-corrected chi connectivity index (χ4v) is 6.83. The van der Waals surface area contributed by atoms with Crippen LogP contribution in [0.5, 0.6) is 5.75 Å². The highest BCUT2D eigenvalue weighted by Gasteiger charge is 2.33. The summed E-state index contributed by atoms with van der Waals surface area (Å²) in [5.41, 5.74) is 2.92. The number of hydrogen-bond donors (Lipinski definition) is 1. The number of aromatic hydroxyl groups is 1. The first-order valence-electron chi connectivity index (χ1n) is 10.8. The Bertz CT molecular complexity index is 1520. The van der Waals surface area contributed by atoms with E-state index in [1.165, 1.54) is 11.3 Å². The summed E-state index contributed by atoms with van der Waals surface area (Å²) in [5.74, 6) is -0.370. The minimum Gasteiger partial charge on any atom is -0.506 e. The number of carbonyl (C=O) groups is 1. The van der Waals surface area contributed by atoms with Gasteiger partial charge < -0.3 is 14.7 Å². The molecule has 0 amide bonds. The minimum atomic E-state index is -0.673. The Morgan fingerprint density at radius 3 is 2.57 bits per heavy atom. The lowest BCUT2D eigenvalue weighted by Crippen LogP contribution is -2.39. The van der Waals surface area contributed by atoms with Crippen molar-refractivity contribution in [3.05, 3.63) is 85.6 Å². The van der Waals surface area contributed by atoms with E-state index >= 15 is 0 Å². The first-order valence-corrected chi connectivity index (χ1v) is 13.7. The van der Waals surface area contributed by atoms with Gasteiger partial charge in [0.05, 0.1) is 32.0 Å². The molecule has 0 unspecified atom stereocenters. The van der Waals surface area contributed by atoms with E-state index in [0.717, 1.165) is 14.8 Å². The van der Waals surface area contributed by atoms with Gasteiger partial charge in [-0.2, -0.15) is 0 Å². The number of ether oxygens (including phenoxy) is 1. The molecule has 35 heavy (non-hydrogen) atoms. The molecular weight excluding hydrogens is 692 g/mol. The number of phenols is 1. The number of fused-ring (bicyclic) bond motifs is 1. The number of allylic oxidation sites excluding steroid dienone is 1. The average molecular weight is 715 g/mol. The first-order chi connectivity index (χ1) is 16.6. The molecule has 0 saturated carbocycles. The normalized spacial score (nSPS) is 15.6. The van der Waals surface area contributed by atoms with Crippen molar-refractivity contribution >= 4 is 74.3 Å². The van der Waals surface area contributed by atoms with Gasteiger partial charge in [-0.25, -0.2) is 9.79 Å². The number of hydrogen-bond acceptors (Lipinski definition) is 7. The van der Waals surface area contributed by atoms with Crippen LogP contribution in [-0.2, 0) is 9.53 Å². The molecule has 0 spiro atoms. The molecule has 0 aliphatic carbocycles. The van der Waals surface area contributed by atoms with Gasteiger partial charge in [0.25, 0.3) is 5.56 Å². The Labute approximate surface area is 233 Å². The van der Waals surface area contributed by atoms with Gasteiger partial charge in [-0.1, -0.05) is 23.5 Å². The van der Waals surface area contributed by atoms with E-state index in [-0.39, 0.29) is 17.9 Å². The number of thiazole rings is 1. The van der Waals surface area contributed by atoms with Crippen LogP contribution in [0.15, 0.2) is 57.5 Å². The molecule has 10 heteroatoms. The lowest BCUT2D eigenvalue weighted by atomic mass is 9.95. The maximum atomic E-state index is 13.7. The van der Waals surface area contributed by atoms with Gasteiger partial charge in [-0.3, -0.25) is 9.36 Å². The molecule has 0 radical (unpaired) electrons. The number of anilines is 1. The van der Waals surface area contributed by atoms with E-state index in [2.05, 4.69) is 50.2 Å².